The lowest BCUT2D eigenvalue weighted by Gasteiger charge is -2.35. The molecule has 3 nitrogen and oxygen atoms in total. The van der Waals surface area contributed by atoms with Crippen LogP contribution in [0.25, 0.3) is 0 Å². The Hall–Kier alpha value is -0.120. The zero-order valence-corrected chi connectivity index (χ0v) is 12.4. The lowest BCUT2D eigenvalue weighted by Crippen LogP contribution is -2.45. The van der Waals surface area contributed by atoms with E-state index in [1.165, 1.54) is 32.5 Å². The van der Waals surface area contributed by atoms with Crippen molar-refractivity contribution >= 4 is 0 Å². The van der Waals surface area contributed by atoms with Crippen molar-refractivity contribution in [3.8, 4) is 0 Å². The Morgan fingerprint density at radius 2 is 1.82 bits per heavy atom. The summed E-state index contributed by atoms with van der Waals surface area (Å²) in [5.41, 5.74) is 0. The molecule has 0 radical (unpaired) electrons. The van der Waals surface area contributed by atoms with Crippen LogP contribution in [-0.2, 0) is 0 Å². The third-order valence-electron chi connectivity index (χ3n) is 4.24. The molecule has 102 valence electrons. The molecular formula is C14H31N3. The van der Waals surface area contributed by atoms with Gasteiger partial charge in [-0.25, -0.2) is 0 Å². The van der Waals surface area contributed by atoms with Gasteiger partial charge in [-0.1, -0.05) is 13.8 Å². The van der Waals surface area contributed by atoms with Crippen molar-refractivity contribution < 1.29 is 0 Å². The van der Waals surface area contributed by atoms with E-state index in [2.05, 4.69) is 50.0 Å². The van der Waals surface area contributed by atoms with Gasteiger partial charge in [0.15, 0.2) is 0 Å². The number of likely N-dealkylation sites (tertiary alicyclic amines) is 1. The summed E-state index contributed by atoms with van der Waals surface area (Å²) in [4.78, 5) is 4.97. The average molecular weight is 241 g/mol. The van der Waals surface area contributed by atoms with Gasteiger partial charge in [0.1, 0.15) is 0 Å². The molecule has 1 aliphatic heterocycles. The van der Waals surface area contributed by atoms with Gasteiger partial charge in [0.05, 0.1) is 0 Å². The van der Waals surface area contributed by atoms with Crippen LogP contribution in [0.3, 0.4) is 0 Å². The van der Waals surface area contributed by atoms with E-state index in [1.807, 2.05) is 0 Å². The summed E-state index contributed by atoms with van der Waals surface area (Å²) < 4.78 is 0. The zero-order valence-electron chi connectivity index (χ0n) is 12.4. The maximum Gasteiger partial charge on any atom is 0.0117 e. The highest BCUT2D eigenvalue weighted by atomic mass is 15.2. The third-order valence-corrected chi connectivity index (χ3v) is 4.24. The van der Waals surface area contributed by atoms with E-state index in [0.29, 0.717) is 6.04 Å². The van der Waals surface area contributed by atoms with E-state index in [9.17, 15) is 0 Å². The summed E-state index contributed by atoms with van der Waals surface area (Å²) in [5, 5.41) is 3.61. The van der Waals surface area contributed by atoms with E-state index in [4.69, 9.17) is 0 Å². The van der Waals surface area contributed by atoms with E-state index >= 15 is 0 Å². The molecule has 0 aromatic carbocycles. The Labute approximate surface area is 108 Å². The molecule has 1 N–H and O–H groups in total. The first-order valence-electron chi connectivity index (χ1n) is 7.13. The maximum absolute atomic E-state index is 3.61. The molecule has 0 aliphatic carbocycles. The van der Waals surface area contributed by atoms with Gasteiger partial charge >= 0.3 is 0 Å². The third kappa shape index (κ3) is 5.36. The summed E-state index contributed by atoms with van der Waals surface area (Å²) in [7, 11) is 4.50. The van der Waals surface area contributed by atoms with Crippen molar-refractivity contribution in [2.45, 2.75) is 45.7 Å². The van der Waals surface area contributed by atoms with Crippen molar-refractivity contribution in [1.29, 1.82) is 0 Å². The van der Waals surface area contributed by atoms with Crippen LogP contribution in [0.5, 0.6) is 0 Å². The number of rotatable bonds is 6. The standard InChI is InChI=1S/C14H31N3/c1-12(2)13(3)15-8-11-17(5)14-6-9-16(4)10-7-14/h12-15H,6-11H2,1-5H3. The molecule has 0 saturated carbocycles. The van der Waals surface area contributed by atoms with Crippen molar-refractivity contribution in [2.75, 3.05) is 40.3 Å². The second-order valence-corrected chi connectivity index (χ2v) is 6.00. The quantitative estimate of drug-likeness (QED) is 0.763. The predicted octanol–water partition coefficient (Wildman–Crippen LogP) is 1.65. The Balaban J connectivity index is 2.14. The van der Waals surface area contributed by atoms with E-state index in [1.54, 1.807) is 0 Å². The van der Waals surface area contributed by atoms with Crippen molar-refractivity contribution in [1.82, 2.24) is 15.1 Å². The fourth-order valence-electron chi connectivity index (χ4n) is 2.32. The number of nitrogens with one attached hydrogen (secondary N) is 1. The Morgan fingerprint density at radius 1 is 1.24 bits per heavy atom. The number of hydrogen-bond acceptors (Lipinski definition) is 3. The molecule has 0 aromatic heterocycles. The minimum atomic E-state index is 0.626. The van der Waals surface area contributed by atoms with Gasteiger partial charge in [-0.15, -0.1) is 0 Å². The molecule has 17 heavy (non-hydrogen) atoms. The molecule has 0 spiro atoms. The van der Waals surface area contributed by atoms with Gasteiger partial charge in [-0.05, 0) is 52.9 Å². The molecule has 1 fully saturated rings. The summed E-state index contributed by atoms with van der Waals surface area (Å²) in [6.45, 7) is 11.6. The minimum absolute atomic E-state index is 0.626. The number of piperidine rings is 1. The normalized spacial score (nSPS) is 21.4. The summed E-state index contributed by atoms with van der Waals surface area (Å²) >= 11 is 0. The van der Waals surface area contributed by atoms with Crippen LogP contribution in [0.1, 0.15) is 33.6 Å². The van der Waals surface area contributed by atoms with Gasteiger partial charge in [0.2, 0.25) is 0 Å². The molecule has 1 rings (SSSR count). The second kappa shape index (κ2) is 7.34. The minimum Gasteiger partial charge on any atom is -0.313 e. The fraction of sp³-hybridized carbons (Fsp3) is 1.00. The Kier molecular flexibility index (Phi) is 6.45. The highest BCUT2D eigenvalue weighted by Gasteiger charge is 2.20. The van der Waals surface area contributed by atoms with Crippen LogP contribution in [0.15, 0.2) is 0 Å². The Morgan fingerprint density at radius 3 is 2.35 bits per heavy atom. The van der Waals surface area contributed by atoms with Gasteiger partial charge < -0.3 is 15.1 Å². The van der Waals surface area contributed by atoms with Crippen molar-refractivity contribution in [3.05, 3.63) is 0 Å². The van der Waals surface area contributed by atoms with Crippen LogP contribution in [0.2, 0.25) is 0 Å². The first kappa shape index (κ1) is 14.9. The largest absolute Gasteiger partial charge is 0.313 e. The SMILES string of the molecule is CC(C)C(C)NCCN(C)C1CCN(C)CC1. The van der Waals surface area contributed by atoms with Crippen LogP contribution < -0.4 is 5.32 Å². The maximum atomic E-state index is 3.61. The average Bonchev–Trinajstić information content (AvgIpc) is 2.29. The fourth-order valence-corrected chi connectivity index (χ4v) is 2.32. The topological polar surface area (TPSA) is 18.5 Å². The number of likely N-dealkylation sites (N-methyl/N-ethyl adjacent to an activating group) is 1. The second-order valence-electron chi connectivity index (χ2n) is 6.00. The highest BCUT2D eigenvalue weighted by molar-refractivity contribution is 4.77. The van der Waals surface area contributed by atoms with Crippen LogP contribution in [-0.4, -0.2) is 62.2 Å². The van der Waals surface area contributed by atoms with Crippen molar-refractivity contribution in [2.24, 2.45) is 5.92 Å². The molecular weight excluding hydrogens is 210 g/mol. The molecule has 0 aromatic rings. The van der Waals surface area contributed by atoms with E-state index in [0.717, 1.165) is 18.5 Å². The van der Waals surface area contributed by atoms with Gasteiger partial charge in [0, 0.05) is 25.2 Å². The summed E-state index contributed by atoms with van der Waals surface area (Å²) in [6.07, 6.45) is 2.65. The zero-order chi connectivity index (χ0) is 12.8. The van der Waals surface area contributed by atoms with Gasteiger partial charge in [0.25, 0.3) is 0 Å². The predicted molar refractivity (Wildman–Crippen MR) is 75.5 cm³/mol. The van der Waals surface area contributed by atoms with Crippen molar-refractivity contribution in [3.63, 3.8) is 0 Å². The molecule has 0 amide bonds. The summed E-state index contributed by atoms with van der Waals surface area (Å²) in [6, 6.07) is 1.42. The lowest BCUT2D eigenvalue weighted by atomic mass is 10.0. The monoisotopic (exact) mass is 241 g/mol. The van der Waals surface area contributed by atoms with E-state index in [-0.39, 0.29) is 0 Å². The highest BCUT2D eigenvalue weighted by Crippen LogP contribution is 2.13. The van der Waals surface area contributed by atoms with Gasteiger partial charge in [-0.2, -0.15) is 0 Å². The summed E-state index contributed by atoms with van der Waals surface area (Å²) in [5.74, 6) is 0.726. The first-order valence-corrected chi connectivity index (χ1v) is 7.13. The lowest BCUT2D eigenvalue weighted by molar-refractivity contribution is 0.143. The van der Waals surface area contributed by atoms with Crippen LogP contribution >= 0.6 is 0 Å². The molecule has 1 heterocycles. The molecule has 1 atom stereocenters. The molecule has 0 bridgehead atoms. The molecule has 1 saturated heterocycles. The molecule has 1 aliphatic rings. The van der Waals surface area contributed by atoms with Crippen LogP contribution in [0.4, 0.5) is 0 Å². The molecule has 1 unspecified atom stereocenters. The first-order chi connectivity index (χ1) is 8.00. The van der Waals surface area contributed by atoms with Crippen LogP contribution in [0, 0.1) is 5.92 Å². The number of hydrogen-bond donors (Lipinski definition) is 1. The smallest absolute Gasteiger partial charge is 0.0117 e. The Bertz CT molecular complexity index is 198. The van der Waals surface area contributed by atoms with E-state index < -0.39 is 0 Å². The van der Waals surface area contributed by atoms with Gasteiger partial charge in [-0.3, -0.25) is 0 Å². The number of nitrogens with zero attached hydrogens (tertiary/aromatic N) is 2. The molecule has 3 heteroatoms.